The Bertz CT molecular complexity index is 571. The second-order valence-corrected chi connectivity index (χ2v) is 8.38. The number of aromatic hydroxyl groups is 1. The van der Waals surface area contributed by atoms with E-state index in [-0.39, 0.29) is 23.5 Å². The summed E-state index contributed by atoms with van der Waals surface area (Å²) in [7, 11) is 0. The summed E-state index contributed by atoms with van der Waals surface area (Å²) in [5, 5.41) is 20.2. The molecule has 0 fully saturated rings. The zero-order chi connectivity index (χ0) is 18.0. The summed E-state index contributed by atoms with van der Waals surface area (Å²) in [6.07, 6.45) is 0.777. The van der Waals surface area contributed by atoms with Crippen molar-refractivity contribution in [2.45, 2.75) is 78.7 Å². The highest BCUT2D eigenvalue weighted by molar-refractivity contribution is 6.01. The fraction of sp³-hybridized carbons (Fsp3) is 0.650. The van der Waals surface area contributed by atoms with Gasteiger partial charge in [-0.2, -0.15) is 0 Å². The predicted molar refractivity (Wildman–Crippen MR) is 98.9 cm³/mol. The molecule has 130 valence electrons. The second-order valence-electron chi connectivity index (χ2n) is 8.38. The maximum Gasteiger partial charge on any atom is 0.128 e. The first-order valence-electron chi connectivity index (χ1n) is 8.45. The van der Waals surface area contributed by atoms with Gasteiger partial charge in [0.1, 0.15) is 5.75 Å². The number of aliphatic hydroxyl groups is 1. The number of aliphatic hydroxyl groups excluding tert-OH is 1. The van der Waals surface area contributed by atoms with Crippen molar-refractivity contribution in [3.05, 3.63) is 28.8 Å². The number of hydrogen-bond donors (Lipinski definition) is 2. The largest absolute Gasteiger partial charge is 0.507 e. The highest BCUT2D eigenvalue weighted by atomic mass is 16.3. The molecule has 0 amide bonds. The fourth-order valence-electron chi connectivity index (χ4n) is 2.52. The Morgan fingerprint density at radius 3 is 2.04 bits per heavy atom. The first-order chi connectivity index (χ1) is 10.4. The number of phenols is 1. The zero-order valence-electron chi connectivity index (χ0n) is 16.0. The molecule has 2 N–H and O–H groups in total. The Morgan fingerprint density at radius 1 is 1.09 bits per heavy atom. The average molecular weight is 319 g/mol. The molecule has 0 radical (unpaired) electrons. The average Bonchev–Trinajstić information content (AvgIpc) is 2.42. The summed E-state index contributed by atoms with van der Waals surface area (Å²) in [6.45, 7) is 16.8. The second kappa shape index (κ2) is 7.04. The quantitative estimate of drug-likeness (QED) is 0.799. The van der Waals surface area contributed by atoms with Crippen LogP contribution in [0.2, 0.25) is 0 Å². The maximum absolute atomic E-state index is 10.8. The van der Waals surface area contributed by atoms with E-state index < -0.39 is 0 Å². The van der Waals surface area contributed by atoms with E-state index in [1.165, 1.54) is 5.56 Å². The molecule has 0 spiro atoms. The van der Waals surface area contributed by atoms with Gasteiger partial charge in [0.25, 0.3) is 0 Å². The number of phenolic OH excluding ortho intramolecular Hbond substituents is 1. The Labute approximate surface area is 141 Å². The highest BCUT2D eigenvalue weighted by Crippen LogP contribution is 2.38. The Hall–Kier alpha value is -1.35. The minimum absolute atomic E-state index is 0.0101. The van der Waals surface area contributed by atoms with Gasteiger partial charge in [-0.15, -0.1) is 0 Å². The van der Waals surface area contributed by atoms with E-state index >= 15 is 0 Å². The van der Waals surface area contributed by atoms with Crippen LogP contribution in [-0.4, -0.2) is 28.6 Å². The Morgan fingerprint density at radius 2 is 1.65 bits per heavy atom. The van der Waals surface area contributed by atoms with Crippen molar-refractivity contribution in [1.29, 1.82) is 0 Å². The minimum atomic E-state index is -0.151. The molecular formula is C20H33NO2. The lowest BCUT2D eigenvalue weighted by Crippen LogP contribution is -2.19. The van der Waals surface area contributed by atoms with Gasteiger partial charge >= 0.3 is 0 Å². The van der Waals surface area contributed by atoms with Gasteiger partial charge in [0.15, 0.2) is 0 Å². The van der Waals surface area contributed by atoms with Crippen molar-refractivity contribution in [3.8, 4) is 5.75 Å². The molecule has 0 bridgehead atoms. The van der Waals surface area contributed by atoms with Crippen molar-refractivity contribution in [1.82, 2.24) is 0 Å². The van der Waals surface area contributed by atoms with Gasteiger partial charge in [0, 0.05) is 16.8 Å². The lowest BCUT2D eigenvalue weighted by atomic mass is 9.78. The molecule has 1 aromatic carbocycles. The maximum atomic E-state index is 10.8. The Kier molecular flexibility index (Phi) is 6.03. The molecule has 0 unspecified atom stereocenters. The van der Waals surface area contributed by atoms with E-state index in [0.29, 0.717) is 5.75 Å². The monoisotopic (exact) mass is 319 g/mol. The molecule has 3 heteroatoms. The molecule has 0 heterocycles. The van der Waals surface area contributed by atoms with Gasteiger partial charge in [-0.1, -0.05) is 54.5 Å². The summed E-state index contributed by atoms with van der Waals surface area (Å²) in [4.78, 5) is 4.60. The molecule has 3 nitrogen and oxygen atoms in total. The van der Waals surface area contributed by atoms with Crippen LogP contribution in [-0.2, 0) is 10.8 Å². The number of rotatable bonds is 4. The summed E-state index contributed by atoms with van der Waals surface area (Å²) >= 11 is 0. The van der Waals surface area contributed by atoms with Crippen LogP contribution in [0.3, 0.4) is 0 Å². The molecule has 1 atom stereocenters. The van der Waals surface area contributed by atoms with Crippen LogP contribution in [0.4, 0.5) is 0 Å². The van der Waals surface area contributed by atoms with Gasteiger partial charge in [-0.25, -0.2) is 0 Å². The van der Waals surface area contributed by atoms with Crippen molar-refractivity contribution in [2.24, 2.45) is 4.99 Å². The number of nitrogens with zero attached hydrogens (tertiary/aromatic N) is 1. The van der Waals surface area contributed by atoms with E-state index in [4.69, 9.17) is 0 Å². The van der Waals surface area contributed by atoms with Gasteiger partial charge in [0.2, 0.25) is 0 Å². The van der Waals surface area contributed by atoms with Crippen LogP contribution in [0.5, 0.6) is 5.75 Å². The third kappa shape index (κ3) is 4.81. The molecule has 0 aliphatic rings. The van der Waals surface area contributed by atoms with E-state index in [0.717, 1.165) is 23.3 Å². The van der Waals surface area contributed by atoms with Crippen molar-refractivity contribution in [3.63, 3.8) is 0 Å². The SMILES string of the molecule is CC[C@@H](CO)/N=C(\C)c1cc(C(C)(C)C)cc(C(C)(C)C)c1O. The molecule has 0 saturated carbocycles. The molecular weight excluding hydrogens is 286 g/mol. The van der Waals surface area contributed by atoms with Crippen molar-refractivity contribution in [2.75, 3.05) is 6.61 Å². The van der Waals surface area contributed by atoms with Gasteiger partial charge in [0.05, 0.1) is 12.6 Å². The number of benzene rings is 1. The number of aliphatic imine (C=N–C) groups is 1. The van der Waals surface area contributed by atoms with Gasteiger partial charge in [-0.05, 0) is 35.8 Å². The summed E-state index contributed by atoms with van der Waals surface area (Å²) < 4.78 is 0. The van der Waals surface area contributed by atoms with E-state index in [1.807, 2.05) is 19.9 Å². The molecule has 0 saturated heterocycles. The Balaban J connectivity index is 3.59. The molecule has 1 rings (SSSR count). The third-order valence-electron chi connectivity index (χ3n) is 4.23. The molecule has 23 heavy (non-hydrogen) atoms. The van der Waals surface area contributed by atoms with Crippen LogP contribution in [0.25, 0.3) is 0 Å². The first-order valence-corrected chi connectivity index (χ1v) is 8.45. The first kappa shape index (κ1) is 19.7. The molecule has 0 aromatic heterocycles. The van der Waals surface area contributed by atoms with Crippen LogP contribution in [0.15, 0.2) is 17.1 Å². The number of hydrogen-bond acceptors (Lipinski definition) is 3. The van der Waals surface area contributed by atoms with Crippen LogP contribution in [0, 0.1) is 0 Å². The minimum Gasteiger partial charge on any atom is -0.507 e. The van der Waals surface area contributed by atoms with E-state index in [9.17, 15) is 10.2 Å². The van der Waals surface area contributed by atoms with E-state index in [1.54, 1.807) is 0 Å². The van der Waals surface area contributed by atoms with Crippen molar-refractivity contribution < 1.29 is 10.2 Å². The normalized spacial score (nSPS) is 14.9. The van der Waals surface area contributed by atoms with Crippen LogP contribution >= 0.6 is 0 Å². The summed E-state index contributed by atoms with van der Waals surface area (Å²) in [6, 6.07) is 4.02. The third-order valence-corrected chi connectivity index (χ3v) is 4.23. The molecule has 0 aliphatic carbocycles. The topological polar surface area (TPSA) is 52.8 Å². The predicted octanol–water partition coefficient (Wildman–Crippen LogP) is 4.57. The van der Waals surface area contributed by atoms with E-state index in [2.05, 4.69) is 52.6 Å². The summed E-state index contributed by atoms with van der Waals surface area (Å²) in [5.74, 6) is 0.305. The van der Waals surface area contributed by atoms with Gasteiger partial charge < -0.3 is 10.2 Å². The zero-order valence-corrected chi connectivity index (χ0v) is 16.0. The highest BCUT2D eigenvalue weighted by Gasteiger charge is 2.25. The molecule has 1 aromatic rings. The lowest BCUT2D eigenvalue weighted by Gasteiger charge is -2.27. The molecule has 0 aliphatic heterocycles. The summed E-state index contributed by atoms with van der Waals surface area (Å²) in [5.41, 5.74) is 3.51. The lowest BCUT2D eigenvalue weighted by molar-refractivity contribution is 0.264. The fourth-order valence-corrected chi connectivity index (χ4v) is 2.52. The standard InChI is InChI=1S/C20H33NO2/c1-9-15(12-22)21-13(2)16-10-14(19(3,4)5)11-17(18(16)23)20(6,7)8/h10-11,15,22-23H,9,12H2,1-8H3/b21-13+/t15-/m0/s1. The van der Waals surface area contributed by atoms with Crippen molar-refractivity contribution >= 4 is 5.71 Å². The van der Waals surface area contributed by atoms with Crippen LogP contribution < -0.4 is 0 Å². The smallest absolute Gasteiger partial charge is 0.128 e. The van der Waals surface area contributed by atoms with Crippen LogP contribution in [0.1, 0.15) is 78.5 Å². The van der Waals surface area contributed by atoms with Gasteiger partial charge in [-0.3, -0.25) is 4.99 Å².